The topological polar surface area (TPSA) is 33.0 Å². The van der Waals surface area contributed by atoms with Gasteiger partial charge in [0.1, 0.15) is 5.75 Å². The molecule has 0 N–H and O–H groups in total. The zero-order valence-corrected chi connectivity index (χ0v) is 21.6. The molecule has 5 heteroatoms. The second kappa shape index (κ2) is 11.2. The summed E-state index contributed by atoms with van der Waals surface area (Å²) in [4.78, 5) is 9.67. The van der Waals surface area contributed by atoms with Gasteiger partial charge in [0.2, 0.25) is 0 Å². The van der Waals surface area contributed by atoms with E-state index in [4.69, 9.17) is 4.74 Å². The standard InChI is InChI=1S/C32H36N4O/c1-2-8-26(9-3-1)25-36-18-15-29-31(11-6-12-32(29)36)35-21-19-34(20-22-35)17-4-5-23-37-28-14-13-27-10-7-16-33-30(27)24-28/h1-3,6,8-9,11-16,18,24H,4-5,7,10,17,19-23,25H2. The molecule has 5 nitrogen and oxygen atoms in total. The number of fused-ring (bicyclic) bond motifs is 2. The van der Waals surface area contributed by atoms with E-state index >= 15 is 0 Å². The van der Waals surface area contributed by atoms with E-state index in [0.29, 0.717) is 0 Å². The summed E-state index contributed by atoms with van der Waals surface area (Å²) in [6.45, 7) is 7.21. The Bertz CT molecular complexity index is 1350. The molecule has 0 radical (unpaired) electrons. The van der Waals surface area contributed by atoms with E-state index in [1.807, 2.05) is 6.21 Å². The lowest BCUT2D eigenvalue weighted by atomic mass is 10.1. The number of hydrogen-bond acceptors (Lipinski definition) is 4. The molecule has 3 aromatic carbocycles. The highest BCUT2D eigenvalue weighted by Gasteiger charge is 2.19. The summed E-state index contributed by atoms with van der Waals surface area (Å²) in [5.74, 6) is 0.943. The summed E-state index contributed by atoms with van der Waals surface area (Å²) in [7, 11) is 0. The fraction of sp³-hybridized carbons (Fsp3) is 0.344. The van der Waals surface area contributed by atoms with E-state index in [0.717, 1.165) is 76.6 Å². The number of rotatable bonds is 9. The second-order valence-electron chi connectivity index (χ2n) is 10.2. The monoisotopic (exact) mass is 492 g/mol. The number of unbranched alkanes of at least 4 members (excludes halogenated alkanes) is 1. The van der Waals surface area contributed by atoms with Crippen LogP contribution in [-0.2, 0) is 13.0 Å². The summed E-state index contributed by atoms with van der Waals surface area (Å²) in [5, 5.41) is 1.36. The normalized spacial score (nSPS) is 15.7. The van der Waals surface area contributed by atoms with Gasteiger partial charge in [0.05, 0.1) is 17.8 Å². The molecule has 1 fully saturated rings. The number of aliphatic imine (C=N–C) groups is 1. The van der Waals surface area contributed by atoms with Crippen LogP contribution >= 0.6 is 0 Å². The fourth-order valence-corrected chi connectivity index (χ4v) is 5.59. The Morgan fingerprint density at radius 2 is 1.73 bits per heavy atom. The van der Waals surface area contributed by atoms with Crippen LogP contribution in [0.2, 0.25) is 0 Å². The number of ether oxygens (including phenoxy) is 1. The Labute approximate surface area is 220 Å². The van der Waals surface area contributed by atoms with Crippen molar-refractivity contribution >= 4 is 28.5 Å². The van der Waals surface area contributed by atoms with Gasteiger partial charge in [-0.1, -0.05) is 42.5 Å². The number of aryl methyl sites for hydroxylation is 1. The molecule has 6 rings (SSSR count). The minimum Gasteiger partial charge on any atom is -0.494 e. The Balaban J connectivity index is 0.970. The van der Waals surface area contributed by atoms with Gasteiger partial charge in [0.15, 0.2) is 0 Å². The summed E-state index contributed by atoms with van der Waals surface area (Å²) in [6.07, 6.45) is 8.61. The van der Waals surface area contributed by atoms with Gasteiger partial charge in [0, 0.05) is 62.3 Å². The van der Waals surface area contributed by atoms with Gasteiger partial charge in [-0.2, -0.15) is 0 Å². The minimum atomic E-state index is 0.768. The van der Waals surface area contributed by atoms with Crippen LogP contribution in [0.5, 0.6) is 5.75 Å². The summed E-state index contributed by atoms with van der Waals surface area (Å²) < 4.78 is 8.38. The van der Waals surface area contributed by atoms with Crippen molar-refractivity contribution in [3.05, 3.63) is 90.1 Å². The average Bonchev–Trinajstić information content (AvgIpc) is 3.36. The molecule has 1 aromatic heterocycles. The number of anilines is 1. The molecule has 2 aliphatic rings. The first-order chi connectivity index (χ1) is 18.3. The summed E-state index contributed by atoms with van der Waals surface area (Å²) in [5.41, 5.74) is 6.42. The molecule has 0 amide bonds. The Morgan fingerprint density at radius 1 is 0.838 bits per heavy atom. The van der Waals surface area contributed by atoms with Gasteiger partial charge >= 0.3 is 0 Å². The van der Waals surface area contributed by atoms with Gasteiger partial charge < -0.3 is 14.2 Å². The zero-order valence-electron chi connectivity index (χ0n) is 21.6. The number of piperazine rings is 1. The first-order valence-electron chi connectivity index (χ1n) is 13.7. The van der Waals surface area contributed by atoms with Crippen LogP contribution in [0.4, 0.5) is 11.4 Å². The fourth-order valence-electron chi connectivity index (χ4n) is 5.59. The Morgan fingerprint density at radius 3 is 2.62 bits per heavy atom. The first kappa shape index (κ1) is 23.8. The van der Waals surface area contributed by atoms with Crippen molar-refractivity contribution < 1.29 is 4.74 Å². The third-order valence-electron chi connectivity index (χ3n) is 7.67. The predicted molar refractivity (Wildman–Crippen MR) is 154 cm³/mol. The number of aromatic nitrogens is 1. The van der Waals surface area contributed by atoms with Crippen molar-refractivity contribution in [2.45, 2.75) is 32.2 Å². The van der Waals surface area contributed by atoms with Gasteiger partial charge in [0.25, 0.3) is 0 Å². The quantitative estimate of drug-likeness (QED) is 0.256. The molecular weight excluding hydrogens is 456 g/mol. The lowest BCUT2D eigenvalue weighted by Gasteiger charge is -2.36. The highest BCUT2D eigenvalue weighted by atomic mass is 16.5. The van der Waals surface area contributed by atoms with Crippen LogP contribution in [0.25, 0.3) is 10.9 Å². The highest BCUT2D eigenvalue weighted by molar-refractivity contribution is 5.93. The molecule has 0 atom stereocenters. The summed E-state index contributed by atoms with van der Waals surface area (Å²) >= 11 is 0. The molecule has 0 aliphatic carbocycles. The number of nitrogens with zero attached hydrogens (tertiary/aromatic N) is 4. The van der Waals surface area contributed by atoms with Crippen molar-refractivity contribution in [1.82, 2.24) is 9.47 Å². The molecule has 37 heavy (non-hydrogen) atoms. The minimum absolute atomic E-state index is 0.768. The second-order valence-corrected chi connectivity index (χ2v) is 10.2. The smallest absolute Gasteiger partial charge is 0.121 e. The third kappa shape index (κ3) is 5.57. The van der Waals surface area contributed by atoms with E-state index in [9.17, 15) is 0 Å². The van der Waals surface area contributed by atoms with Crippen LogP contribution in [0.15, 0.2) is 84.0 Å². The predicted octanol–water partition coefficient (Wildman–Crippen LogP) is 6.32. The van der Waals surface area contributed by atoms with Crippen molar-refractivity contribution in [3.63, 3.8) is 0 Å². The molecule has 190 valence electrons. The molecule has 4 aromatic rings. The maximum Gasteiger partial charge on any atom is 0.121 e. The van der Waals surface area contributed by atoms with Crippen LogP contribution in [0, 0.1) is 0 Å². The van der Waals surface area contributed by atoms with E-state index in [1.54, 1.807) is 0 Å². The van der Waals surface area contributed by atoms with Crippen LogP contribution in [0.3, 0.4) is 0 Å². The molecule has 0 saturated carbocycles. The average molecular weight is 493 g/mol. The largest absolute Gasteiger partial charge is 0.494 e. The molecular formula is C32H36N4O. The molecule has 1 saturated heterocycles. The Hall–Kier alpha value is -3.57. The van der Waals surface area contributed by atoms with Crippen molar-refractivity contribution in [2.24, 2.45) is 4.99 Å². The zero-order chi connectivity index (χ0) is 24.9. The SMILES string of the molecule is C1=Nc2cc(OCCCCN3CCN(c4cccc5c4ccn5Cc4ccccc4)CC3)ccc2CC1. The van der Waals surface area contributed by atoms with Gasteiger partial charge in [-0.3, -0.25) is 9.89 Å². The highest BCUT2D eigenvalue weighted by Crippen LogP contribution is 2.30. The lowest BCUT2D eigenvalue weighted by Crippen LogP contribution is -2.46. The van der Waals surface area contributed by atoms with E-state index < -0.39 is 0 Å². The Kier molecular flexibility index (Phi) is 7.22. The van der Waals surface area contributed by atoms with Crippen molar-refractivity contribution in [3.8, 4) is 5.75 Å². The molecule has 3 heterocycles. The van der Waals surface area contributed by atoms with Crippen LogP contribution < -0.4 is 9.64 Å². The van der Waals surface area contributed by atoms with Crippen LogP contribution in [0.1, 0.15) is 30.4 Å². The van der Waals surface area contributed by atoms with E-state index in [2.05, 4.69) is 98.4 Å². The summed E-state index contributed by atoms with van der Waals surface area (Å²) in [6, 6.07) is 26.1. The van der Waals surface area contributed by atoms with Gasteiger partial charge in [-0.25, -0.2) is 0 Å². The van der Waals surface area contributed by atoms with E-state index in [-0.39, 0.29) is 0 Å². The number of benzene rings is 3. The third-order valence-corrected chi connectivity index (χ3v) is 7.67. The molecule has 0 spiro atoms. The van der Waals surface area contributed by atoms with Crippen molar-refractivity contribution in [1.29, 1.82) is 0 Å². The molecule has 2 aliphatic heterocycles. The lowest BCUT2D eigenvalue weighted by molar-refractivity contribution is 0.239. The maximum absolute atomic E-state index is 6.01. The van der Waals surface area contributed by atoms with Gasteiger partial charge in [-0.05, 0) is 67.6 Å². The maximum atomic E-state index is 6.01. The van der Waals surface area contributed by atoms with E-state index in [1.165, 1.54) is 34.1 Å². The van der Waals surface area contributed by atoms with Crippen molar-refractivity contribution in [2.75, 3.05) is 44.2 Å². The first-order valence-corrected chi connectivity index (χ1v) is 13.7. The van der Waals surface area contributed by atoms with Crippen LogP contribution in [-0.4, -0.2) is 55.0 Å². The van der Waals surface area contributed by atoms with Gasteiger partial charge in [-0.15, -0.1) is 0 Å². The molecule has 0 bridgehead atoms. The number of hydrogen-bond donors (Lipinski definition) is 0. The molecule has 0 unspecified atom stereocenters.